The van der Waals surface area contributed by atoms with Crippen LogP contribution in [-0.2, 0) is 14.1 Å². The lowest BCUT2D eigenvalue weighted by Gasteiger charge is -2.07. The van der Waals surface area contributed by atoms with Gasteiger partial charge in [-0.3, -0.25) is 19.0 Å². The molecule has 0 aliphatic rings. The van der Waals surface area contributed by atoms with Gasteiger partial charge >= 0.3 is 0 Å². The van der Waals surface area contributed by atoms with E-state index in [2.05, 4.69) is 9.98 Å². The third-order valence-electron chi connectivity index (χ3n) is 7.03. The molecule has 3 aromatic carbocycles. The van der Waals surface area contributed by atoms with Gasteiger partial charge in [0.2, 0.25) is 0 Å². The summed E-state index contributed by atoms with van der Waals surface area (Å²) in [5.41, 5.74) is 4.62. The lowest BCUT2D eigenvalue weighted by Crippen LogP contribution is -2.19. The average molecular weight is 535 g/mol. The van der Waals surface area contributed by atoms with E-state index in [1.54, 1.807) is 45.0 Å². The second kappa shape index (κ2) is 10.5. The highest BCUT2D eigenvalue weighted by Crippen LogP contribution is 2.25. The molecule has 0 unspecified atom stereocenters. The summed E-state index contributed by atoms with van der Waals surface area (Å²) < 4.78 is 6.62. The normalized spacial score (nSPS) is 11.7. The van der Waals surface area contributed by atoms with Gasteiger partial charge in [-0.1, -0.05) is 36.4 Å². The van der Waals surface area contributed by atoms with Crippen LogP contribution < -0.4 is 11.1 Å². The highest BCUT2D eigenvalue weighted by molar-refractivity contribution is 5.94. The lowest BCUT2D eigenvalue weighted by molar-refractivity contribution is 0.473. The maximum Gasteiger partial charge on any atom is 0.297 e. The molecule has 9 nitrogen and oxygen atoms in total. The molecule has 0 spiro atoms. The third-order valence-corrected chi connectivity index (χ3v) is 7.03. The van der Waals surface area contributed by atoms with Gasteiger partial charge in [-0.25, -0.2) is 19.3 Å². The molecule has 0 saturated carbocycles. The van der Waals surface area contributed by atoms with E-state index in [4.69, 9.17) is 0 Å². The molecule has 0 saturated heterocycles. The van der Waals surface area contributed by atoms with Crippen LogP contribution in [-0.4, -0.2) is 36.3 Å². The second-order valence-corrected chi connectivity index (χ2v) is 9.63. The summed E-state index contributed by atoms with van der Waals surface area (Å²) in [6.45, 7) is 5.54. The first kappa shape index (κ1) is 26.4. The van der Waals surface area contributed by atoms with Gasteiger partial charge in [0.25, 0.3) is 11.1 Å². The molecule has 9 heteroatoms. The summed E-state index contributed by atoms with van der Waals surface area (Å²) in [4.78, 5) is 35.4. The number of nitrogens with zero attached hydrogens (tertiary/aromatic N) is 6. The number of phenols is 1. The Morgan fingerprint density at radius 2 is 1.02 bits per heavy atom. The molecule has 5 rings (SSSR count). The van der Waals surface area contributed by atoms with Gasteiger partial charge in [-0.2, -0.15) is 0 Å². The number of phenolic OH excluding ortho intramolecular Hbond substituents is 1. The van der Waals surface area contributed by atoms with Crippen LogP contribution in [0, 0.1) is 20.8 Å². The Morgan fingerprint density at radius 3 is 1.40 bits per heavy atom. The minimum Gasteiger partial charge on any atom is -0.507 e. The monoisotopic (exact) mass is 534 g/mol. The maximum absolute atomic E-state index is 13.2. The Labute approximate surface area is 231 Å². The van der Waals surface area contributed by atoms with Crippen molar-refractivity contribution in [3.8, 4) is 17.1 Å². The molecule has 0 aliphatic carbocycles. The number of aromatic nitrogens is 4. The van der Waals surface area contributed by atoms with Crippen LogP contribution in [0.5, 0.6) is 5.75 Å². The minimum atomic E-state index is -0.259. The van der Waals surface area contributed by atoms with Crippen molar-refractivity contribution in [3.63, 3.8) is 0 Å². The zero-order chi connectivity index (χ0) is 28.6. The van der Waals surface area contributed by atoms with Crippen LogP contribution in [0.15, 0.2) is 92.4 Å². The Morgan fingerprint density at radius 1 is 0.650 bits per heavy atom. The number of hydrogen-bond acceptors (Lipinski definition) is 5. The van der Waals surface area contributed by atoms with Crippen LogP contribution in [0.25, 0.3) is 11.4 Å². The second-order valence-electron chi connectivity index (χ2n) is 9.63. The molecule has 0 aliphatic heterocycles. The summed E-state index contributed by atoms with van der Waals surface area (Å²) in [5, 5.41) is 11.1. The number of aryl methyl sites for hydroxylation is 1. The largest absolute Gasteiger partial charge is 0.507 e. The van der Waals surface area contributed by atoms with Crippen molar-refractivity contribution in [3.05, 3.63) is 122 Å². The van der Waals surface area contributed by atoms with Crippen molar-refractivity contribution >= 4 is 23.8 Å². The van der Waals surface area contributed by atoms with E-state index in [0.29, 0.717) is 22.5 Å². The van der Waals surface area contributed by atoms with E-state index >= 15 is 0 Å². The zero-order valence-electron chi connectivity index (χ0n) is 23.0. The molecule has 0 bridgehead atoms. The zero-order valence-corrected chi connectivity index (χ0v) is 23.0. The molecule has 2 aromatic heterocycles. The summed E-state index contributed by atoms with van der Waals surface area (Å²) in [7, 11) is 3.61. The van der Waals surface area contributed by atoms with Crippen molar-refractivity contribution in [1.82, 2.24) is 18.7 Å². The fraction of sp³-hybridized carbons (Fsp3) is 0.161. The number of para-hydroxylation sites is 2. The van der Waals surface area contributed by atoms with Crippen LogP contribution in [0.2, 0.25) is 0 Å². The van der Waals surface area contributed by atoms with Gasteiger partial charge in [0, 0.05) is 37.7 Å². The van der Waals surface area contributed by atoms with Gasteiger partial charge < -0.3 is 5.11 Å². The Balaban J connectivity index is 1.51. The number of aliphatic imine (C=N–C) groups is 2. The van der Waals surface area contributed by atoms with Crippen molar-refractivity contribution in [1.29, 1.82) is 0 Å². The first-order chi connectivity index (χ1) is 19.2. The summed E-state index contributed by atoms with van der Waals surface area (Å²) in [6.07, 6.45) is 2.96. The standard InChI is InChI=1S/C31H30N6O3/c1-20-16-23(18-32-27-21(2)34(4)36(30(27)39)25-12-8-6-9-13-25)29(38)24(17-20)19-33-28-22(3)35(5)37(31(28)40)26-14-10-7-11-15-26/h6-19,38H,1-5H3. The molecule has 0 radical (unpaired) electrons. The van der Waals surface area contributed by atoms with Crippen molar-refractivity contribution in [2.45, 2.75) is 20.8 Å². The van der Waals surface area contributed by atoms with E-state index in [1.807, 2.05) is 81.4 Å². The third kappa shape index (κ3) is 4.62. The first-order valence-corrected chi connectivity index (χ1v) is 12.8. The Bertz CT molecular complexity index is 1750. The minimum absolute atomic E-state index is 0.0490. The molecule has 0 atom stereocenters. The van der Waals surface area contributed by atoms with Crippen LogP contribution in [0.3, 0.4) is 0 Å². The Kier molecular flexibility index (Phi) is 6.96. The van der Waals surface area contributed by atoms with E-state index in [-0.39, 0.29) is 28.2 Å². The van der Waals surface area contributed by atoms with Crippen molar-refractivity contribution < 1.29 is 5.11 Å². The quantitative estimate of drug-likeness (QED) is 0.317. The van der Waals surface area contributed by atoms with Crippen LogP contribution in [0.4, 0.5) is 11.4 Å². The molecule has 202 valence electrons. The molecular weight excluding hydrogens is 504 g/mol. The SMILES string of the molecule is Cc1cc(C=Nc2c(C)n(C)n(-c3ccccc3)c2=O)c(O)c(C=Nc2c(C)n(C)n(-c3ccccc3)c2=O)c1. The molecule has 40 heavy (non-hydrogen) atoms. The highest BCUT2D eigenvalue weighted by atomic mass is 16.3. The lowest BCUT2D eigenvalue weighted by atomic mass is 10.1. The number of rotatable bonds is 6. The molecule has 0 amide bonds. The summed E-state index contributed by atoms with van der Waals surface area (Å²) >= 11 is 0. The number of aromatic hydroxyl groups is 1. The van der Waals surface area contributed by atoms with Crippen LogP contribution >= 0.6 is 0 Å². The van der Waals surface area contributed by atoms with Gasteiger partial charge in [0.1, 0.15) is 5.75 Å². The van der Waals surface area contributed by atoms with Gasteiger partial charge in [-0.15, -0.1) is 0 Å². The van der Waals surface area contributed by atoms with Gasteiger partial charge in [0.15, 0.2) is 11.4 Å². The summed E-state index contributed by atoms with van der Waals surface area (Å²) in [5.74, 6) is -0.0490. The topological polar surface area (TPSA) is 98.8 Å². The predicted molar refractivity (Wildman–Crippen MR) is 159 cm³/mol. The smallest absolute Gasteiger partial charge is 0.297 e. The molecule has 5 aromatic rings. The highest BCUT2D eigenvalue weighted by Gasteiger charge is 2.17. The van der Waals surface area contributed by atoms with E-state index in [0.717, 1.165) is 16.9 Å². The molecule has 1 N–H and O–H groups in total. The predicted octanol–water partition coefficient (Wildman–Crippen LogP) is 4.80. The van der Waals surface area contributed by atoms with Crippen LogP contribution in [0.1, 0.15) is 28.1 Å². The van der Waals surface area contributed by atoms with E-state index in [1.165, 1.54) is 12.4 Å². The van der Waals surface area contributed by atoms with Gasteiger partial charge in [-0.05, 0) is 62.7 Å². The van der Waals surface area contributed by atoms with Crippen molar-refractivity contribution in [2.75, 3.05) is 0 Å². The molecule has 0 fully saturated rings. The number of benzene rings is 3. The summed E-state index contributed by atoms with van der Waals surface area (Å²) in [6, 6.07) is 22.2. The Hall–Kier alpha value is -5.18. The van der Waals surface area contributed by atoms with E-state index < -0.39 is 0 Å². The average Bonchev–Trinajstić information content (AvgIpc) is 3.30. The fourth-order valence-corrected chi connectivity index (χ4v) is 4.71. The first-order valence-electron chi connectivity index (χ1n) is 12.8. The fourth-order valence-electron chi connectivity index (χ4n) is 4.71. The molecular formula is C31H30N6O3. The van der Waals surface area contributed by atoms with E-state index in [9.17, 15) is 14.7 Å². The number of hydrogen-bond donors (Lipinski definition) is 1. The van der Waals surface area contributed by atoms with Crippen molar-refractivity contribution in [2.24, 2.45) is 24.1 Å². The molecule has 2 heterocycles. The maximum atomic E-state index is 13.2. The van der Waals surface area contributed by atoms with Gasteiger partial charge in [0.05, 0.1) is 22.8 Å².